The van der Waals surface area contributed by atoms with Crippen molar-refractivity contribution in [2.75, 3.05) is 13.1 Å². The molecule has 0 bridgehead atoms. The fourth-order valence-electron chi connectivity index (χ4n) is 1.88. The molecule has 3 nitrogen and oxygen atoms in total. The highest BCUT2D eigenvalue weighted by atomic mass is 79.9. The molecule has 0 unspecified atom stereocenters. The molecule has 0 saturated carbocycles. The van der Waals surface area contributed by atoms with Crippen molar-refractivity contribution < 1.29 is 4.79 Å². The molecule has 1 fully saturated rings. The molecular weight excluding hydrogens is 348 g/mol. The van der Waals surface area contributed by atoms with Gasteiger partial charge in [-0.3, -0.25) is 10.2 Å². The molecule has 1 aromatic carbocycles. The Labute approximate surface area is 118 Å². The molecule has 0 radical (unpaired) electrons. The summed E-state index contributed by atoms with van der Waals surface area (Å²) in [6.45, 7) is 1.88. The molecule has 1 aliphatic heterocycles. The zero-order valence-electron chi connectivity index (χ0n) is 9.38. The van der Waals surface area contributed by atoms with Crippen LogP contribution in [-0.4, -0.2) is 24.0 Å². The minimum Gasteiger partial charge on any atom is -0.285 e. The van der Waals surface area contributed by atoms with E-state index in [9.17, 15) is 4.79 Å². The Balaban J connectivity index is 2.05. The lowest BCUT2D eigenvalue weighted by atomic mass is 10.1. The van der Waals surface area contributed by atoms with Crippen molar-refractivity contribution in [1.29, 1.82) is 0 Å². The van der Waals surface area contributed by atoms with Crippen molar-refractivity contribution in [3.8, 4) is 0 Å². The number of piperidine rings is 1. The van der Waals surface area contributed by atoms with Crippen LogP contribution in [0.4, 0.5) is 0 Å². The molecule has 1 saturated heterocycles. The maximum Gasteiger partial charge on any atom is 0.266 e. The molecule has 1 heterocycles. The number of hydrogen-bond donors (Lipinski definition) is 1. The summed E-state index contributed by atoms with van der Waals surface area (Å²) in [6.07, 6.45) is 3.56. The predicted octanol–water partition coefficient (Wildman–Crippen LogP) is 3.34. The van der Waals surface area contributed by atoms with E-state index < -0.39 is 0 Å². The number of halogens is 2. The second-order valence-corrected chi connectivity index (χ2v) is 5.88. The van der Waals surface area contributed by atoms with E-state index in [0.717, 1.165) is 34.9 Å². The van der Waals surface area contributed by atoms with Gasteiger partial charge in [0.2, 0.25) is 0 Å². The van der Waals surface area contributed by atoms with Gasteiger partial charge in [-0.15, -0.1) is 0 Å². The van der Waals surface area contributed by atoms with Crippen LogP contribution in [0.1, 0.15) is 29.6 Å². The van der Waals surface area contributed by atoms with E-state index in [1.165, 1.54) is 6.42 Å². The Morgan fingerprint density at radius 1 is 1.18 bits per heavy atom. The summed E-state index contributed by atoms with van der Waals surface area (Å²) in [5.74, 6) is -0.0555. The highest BCUT2D eigenvalue weighted by Gasteiger charge is 2.16. The third-order valence-corrected chi connectivity index (χ3v) is 3.97. The number of hydrazine groups is 1. The van der Waals surface area contributed by atoms with E-state index in [0.29, 0.717) is 5.56 Å². The summed E-state index contributed by atoms with van der Waals surface area (Å²) in [6, 6.07) is 5.60. The van der Waals surface area contributed by atoms with Gasteiger partial charge in [-0.25, -0.2) is 5.01 Å². The van der Waals surface area contributed by atoms with Gasteiger partial charge in [-0.2, -0.15) is 0 Å². The van der Waals surface area contributed by atoms with Crippen LogP contribution in [0.2, 0.25) is 0 Å². The summed E-state index contributed by atoms with van der Waals surface area (Å²) in [4.78, 5) is 12.1. The first kappa shape index (κ1) is 13.1. The van der Waals surface area contributed by atoms with Crippen LogP contribution in [0.3, 0.4) is 0 Å². The summed E-state index contributed by atoms with van der Waals surface area (Å²) >= 11 is 6.77. The number of amides is 1. The van der Waals surface area contributed by atoms with Crippen molar-refractivity contribution in [3.05, 3.63) is 32.7 Å². The highest BCUT2D eigenvalue weighted by molar-refractivity contribution is 9.11. The first-order valence-electron chi connectivity index (χ1n) is 5.68. The average molecular weight is 362 g/mol. The van der Waals surface area contributed by atoms with E-state index in [-0.39, 0.29) is 5.91 Å². The van der Waals surface area contributed by atoms with Crippen LogP contribution in [0, 0.1) is 0 Å². The first-order chi connectivity index (χ1) is 8.16. The molecule has 2 rings (SSSR count). The van der Waals surface area contributed by atoms with Crippen LogP contribution >= 0.6 is 31.9 Å². The van der Waals surface area contributed by atoms with E-state index in [1.54, 1.807) is 0 Å². The van der Waals surface area contributed by atoms with Crippen molar-refractivity contribution in [1.82, 2.24) is 10.4 Å². The zero-order valence-corrected chi connectivity index (χ0v) is 12.6. The standard InChI is InChI=1S/C12H14Br2N2O/c13-9-4-5-11(14)10(8-9)12(17)15-16-6-2-1-3-7-16/h4-5,8H,1-3,6-7H2,(H,15,17). The van der Waals surface area contributed by atoms with Crippen LogP contribution in [-0.2, 0) is 0 Å². The molecule has 0 spiro atoms. The van der Waals surface area contributed by atoms with Gasteiger partial charge in [-0.05, 0) is 47.0 Å². The molecule has 1 amide bonds. The summed E-state index contributed by atoms with van der Waals surface area (Å²) in [7, 11) is 0. The Bertz CT molecular complexity index is 417. The molecule has 1 aromatic rings. The van der Waals surface area contributed by atoms with Gasteiger partial charge >= 0.3 is 0 Å². The third-order valence-electron chi connectivity index (χ3n) is 2.79. The van der Waals surface area contributed by atoms with Gasteiger partial charge in [0.15, 0.2) is 0 Å². The van der Waals surface area contributed by atoms with E-state index >= 15 is 0 Å². The lowest BCUT2D eigenvalue weighted by Crippen LogP contribution is -2.45. The van der Waals surface area contributed by atoms with Crippen molar-refractivity contribution >= 4 is 37.8 Å². The smallest absolute Gasteiger partial charge is 0.266 e. The van der Waals surface area contributed by atoms with Crippen molar-refractivity contribution in [2.24, 2.45) is 0 Å². The van der Waals surface area contributed by atoms with Crippen LogP contribution < -0.4 is 5.43 Å². The van der Waals surface area contributed by atoms with E-state index in [4.69, 9.17) is 0 Å². The maximum atomic E-state index is 12.1. The monoisotopic (exact) mass is 360 g/mol. The maximum absolute atomic E-state index is 12.1. The van der Waals surface area contributed by atoms with Crippen LogP contribution in [0.5, 0.6) is 0 Å². The Morgan fingerprint density at radius 3 is 2.59 bits per heavy atom. The van der Waals surface area contributed by atoms with Crippen molar-refractivity contribution in [3.63, 3.8) is 0 Å². The lowest BCUT2D eigenvalue weighted by Gasteiger charge is -2.27. The van der Waals surface area contributed by atoms with Gasteiger partial charge < -0.3 is 0 Å². The Kier molecular flexibility index (Phi) is 4.59. The number of hydrogen-bond acceptors (Lipinski definition) is 2. The molecule has 0 aromatic heterocycles. The van der Waals surface area contributed by atoms with Gasteiger partial charge in [0.05, 0.1) is 5.56 Å². The van der Waals surface area contributed by atoms with Crippen LogP contribution in [0.25, 0.3) is 0 Å². The third kappa shape index (κ3) is 3.53. The van der Waals surface area contributed by atoms with Gasteiger partial charge in [-0.1, -0.05) is 22.4 Å². The number of nitrogens with one attached hydrogen (secondary N) is 1. The zero-order chi connectivity index (χ0) is 12.3. The average Bonchev–Trinajstić information content (AvgIpc) is 2.33. The molecule has 5 heteroatoms. The van der Waals surface area contributed by atoms with Crippen molar-refractivity contribution in [2.45, 2.75) is 19.3 Å². The quantitative estimate of drug-likeness (QED) is 0.876. The molecule has 92 valence electrons. The molecular formula is C12H14Br2N2O. The fourth-order valence-corrected chi connectivity index (χ4v) is 2.67. The fraction of sp³-hybridized carbons (Fsp3) is 0.417. The summed E-state index contributed by atoms with van der Waals surface area (Å²) in [5.41, 5.74) is 3.60. The minimum absolute atomic E-state index is 0.0555. The summed E-state index contributed by atoms with van der Waals surface area (Å²) < 4.78 is 1.72. The SMILES string of the molecule is O=C(NN1CCCCC1)c1cc(Br)ccc1Br. The highest BCUT2D eigenvalue weighted by Crippen LogP contribution is 2.21. The first-order valence-corrected chi connectivity index (χ1v) is 7.26. The lowest BCUT2D eigenvalue weighted by molar-refractivity contribution is 0.0749. The normalized spacial score (nSPS) is 16.8. The molecule has 17 heavy (non-hydrogen) atoms. The van der Waals surface area contributed by atoms with Gasteiger partial charge in [0.25, 0.3) is 5.91 Å². The number of carbonyl (C=O) groups excluding carboxylic acids is 1. The molecule has 1 aliphatic rings. The second-order valence-electron chi connectivity index (χ2n) is 4.11. The van der Waals surface area contributed by atoms with E-state index in [1.807, 2.05) is 23.2 Å². The Morgan fingerprint density at radius 2 is 1.88 bits per heavy atom. The molecule has 1 N–H and O–H groups in total. The minimum atomic E-state index is -0.0555. The Hall–Kier alpha value is -0.390. The molecule has 0 atom stereocenters. The van der Waals surface area contributed by atoms with E-state index in [2.05, 4.69) is 37.3 Å². The number of rotatable bonds is 2. The number of carbonyl (C=O) groups is 1. The predicted molar refractivity (Wildman–Crippen MR) is 74.7 cm³/mol. The van der Waals surface area contributed by atoms with Gasteiger partial charge in [0, 0.05) is 22.0 Å². The van der Waals surface area contributed by atoms with Gasteiger partial charge in [0.1, 0.15) is 0 Å². The topological polar surface area (TPSA) is 32.3 Å². The number of benzene rings is 1. The second kappa shape index (κ2) is 5.98. The van der Waals surface area contributed by atoms with Crippen LogP contribution in [0.15, 0.2) is 27.1 Å². The number of nitrogens with zero attached hydrogens (tertiary/aromatic N) is 1. The largest absolute Gasteiger partial charge is 0.285 e. The summed E-state index contributed by atoms with van der Waals surface area (Å²) in [5, 5.41) is 2.00. The molecule has 0 aliphatic carbocycles.